The van der Waals surface area contributed by atoms with E-state index in [1.807, 2.05) is 60.7 Å². The fraction of sp³-hybridized carbons (Fsp3) is 0.276. The second kappa shape index (κ2) is 12.5. The van der Waals surface area contributed by atoms with E-state index in [2.05, 4.69) is 5.32 Å². The highest BCUT2D eigenvalue weighted by atomic mass is 16.6. The Balaban J connectivity index is 1.75. The predicted molar refractivity (Wildman–Crippen MR) is 136 cm³/mol. The lowest BCUT2D eigenvalue weighted by Crippen LogP contribution is -2.45. The third-order valence-corrected chi connectivity index (χ3v) is 5.11. The number of aldehydes is 1. The molecule has 0 aliphatic heterocycles. The molecule has 0 spiro atoms. The van der Waals surface area contributed by atoms with Crippen molar-refractivity contribution in [2.75, 3.05) is 6.61 Å². The van der Waals surface area contributed by atoms with Gasteiger partial charge in [0.2, 0.25) is 0 Å². The van der Waals surface area contributed by atoms with E-state index in [-0.39, 0.29) is 13.0 Å². The molecule has 0 aromatic heterocycles. The van der Waals surface area contributed by atoms with Crippen molar-refractivity contribution in [1.82, 2.24) is 5.32 Å². The van der Waals surface area contributed by atoms with Gasteiger partial charge in [0.1, 0.15) is 23.7 Å². The van der Waals surface area contributed by atoms with Gasteiger partial charge in [0.25, 0.3) is 0 Å². The maximum absolute atomic E-state index is 13.3. The average molecular weight is 490 g/mol. The first-order valence-corrected chi connectivity index (χ1v) is 11.7. The van der Waals surface area contributed by atoms with Crippen LogP contribution in [-0.4, -0.2) is 36.6 Å². The third kappa shape index (κ3) is 8.27. The fourth-order valence-corrected chi connectivity index (χ4v) is 3.42. The molecule has 0 bridgehead atoms. The van der Waals surface area contributed by atoms with Gasteiger partial charge in [-0.3, -0.25) is 4.79 Å². The van der Waals surface area contributed by atoms with Gasteiger partial charge in [0, 0.05) is 12.0 Å². The Labute approximate surface area is 211 Å². The minimum Gasteiger partial charge on any atom is -0.494 e. The number of carbonyl (C=O) groups excluding carboxylic acids is 3. The monoisotopic (exact) mass is 489 g/mol. The molecule has 1 N–H and O–H groups in total. The van der Waals surface area contributed by atoms with Crippen LogP contribution in [0.1, 0.15) is 54.8 Å². The summed E-state index contributed by atoms with van der Waals surface area (Å²) in [5, 5.41) is 2.62. The first-order chi connectivity index (χ1) is 17.2. The molecular formula is C29H31NO6. The molecule has 0 aliphatic carbocycles. The van der Waals surface area contributed by atoms with Crippen LogP contribution in [0.15, 0.2) is 84.9 Å². The minimum atomic E-state index is -1.01. The van der Waals surface area contributed by atoms with E-state index in [1.54, 1.807) is 45.0 Å². The molecule has 1 amide bonds. The molecule has 0 saturated carbocycles. The third-order valence-electron chi connectivity index (χ3n) is 5.11. The van der Waals surface area contributed by atoms with Crippen LogP contribution < -0.4 is 10.1 Å². The van der Waals surface area contributed by atoms with E-state index in [9.17, 15) is 14.4 Å². The predicted octanol–water partition coefficient (Wildman–Crippen LogP) is 5.49. The smallest absolute Gasteiger partial charge is 0.408 e. The standard InChI is InChI=1S/C29H31NO6/c1-29(2,3)36-28(33)30-25(18-19-34-24-16-14-21(20-31)15-17-24)27(32)35-26(22-10-6-4-7-11-22)23-12-8-5-9-13-23/h4-17,20,25-26H,18-19H2,1-3H3,(H,30,33)/t25-/m1/s1. The highest BCUT2D eigenvalue weighted by Crippen LogP contribution is 2.26. The molecule has 0 fully saturated rings. The number of amides is 1. The van der Waals surface area contributed by atoms with Gasteiger partial charge in [-0.15, -0.1) is 0 Å². The second-order valence-electron chi connectivity index (χ2n) is 9.16. The van der Waals surface area contributed by atoms with E-state index in [0.717, 1.165) is 17.4 Å². The fourth-order valence-electron chi connectivity index (χ4n) is 3.42. The van der Waals surface area contributed by atoms with E-state index < -0.39 is 29.8 Å². The van der Waals surface area contributed by atoms with E-state index in [1.165, 1.54) is 0 Å². The normalized spacial score (nSPS) is 11.9. The Kier molecular flexibility index (Phi) is 9.22. The van der Waals surface area contributed by atoms with Gasteiger partial charge in [0.15, 0.2) is 6.10 Å². The van der Waals surface area contributed by atoms with E-state index in [4.69, 9.17) is 14.2 Å². The van der Waals surface area contributed by atoms with Gasteiger partial charge in [-0.25, -0.2) is 9.59 Å². The number of hydrogen-bond donors (Lipinski definition) is 1. The Morgan fingerprint density at radius 3 is 1.92 bits per heavy atom. The Hall–Kier alpha value is -4.13. The Bertz CT molecular complexity index is 1080. The van der Waals surface area contributed by atoms with Gasteiger partial charge in [-0.05, 0) is 56.2 Å². The lowest BCUT2D eigenvalue weighted by Gasteiger charge is -2.25. The quantitative estimate of drug-likeness (QED) is 0.299. The number of hydrogen-bond acceptors (Lipinski definition) is 6. The van der Waals surface area contributed by atoms with Gasteiger partial charge in [-0.2, -0.15) is 0 Å². The highest BCUT2D eigenvalue weighted by Gasteiger charge is 2.29. The summed E-state index contributed by atoms with van der Waals surface area (Å²) in [5.41, 5.74) is 1.41. The van der Waals surface area contributed by atoms with Crippen molar-refractivity contribution < 1.29 is 28.6 Å². The van der Waals surface area contributed by atoms with E-state index in [0.29, 0.717) is 11.3 Å². The van der Waals surface area contributed by atoms with Crippen molar-refractivity contribution in [1.29, 1.82) is 0 Å². The Morgan fingerprint density at radius 2 is 1.42 bits per heavy atom. The largest absolute Gasteiger partial charge is 0.494 e. The zero-order valence-corrected chi connectivity index (χ0v) is 20.7. The zero-order valence-electron chi connectivity index (χ0n) is 20.7. The summed E-state index contributed by atoms with van der Waals surface area (Å²) in [6, 6.07) is 24.4. The van der Waals surface area contributed by atoms with Gasteiger partial charge in [0.05, 0.1) is 6.61 Å². The van der Waals surface area contributed by atoms with Crippen molar-refractivity contribution in [3.63, 3.8) is 0 Å². The maximum atomic E-state index is 13.3. The van der Waals surface area contributed by atoms with Crippen LogP contribution in [-0.2, 0) is 14.3 Å². The number of rotatable bonds is 10. The van der Waals surface area contributed by atoms with Crippen molar-refractivity contribution in [3.05, 3.63) is 102 Å². The lowest BCUT2D eigenvalue weighted by atomic mass is 10.0. The molecule has 0 unspecified atom stereocenters. The SMILES string of the molecule is CC(C)(C)OC(=O)N[C@H](CCOc1ccc(C=O)cc1)C(=O)OC(c1ccccc1)c1ccccc1. The van der Waals surface area contributed by atoms with Crippen LogP contribution in [0, 0.1) is 0 Å². The summed E-state index contributed by atoms with van der Waals surface area (Å²) >= 11 is 0. The number of benzene rings is 3. The first-order valence-electron chi connectivity index (χ1n) is 11.7. The summed E-state index contributed by atoms with van der Waals surface area (Å²) in [7, 11) is 0. The number of carbonyl (C=O) groups is 3. The number of alkyl carbamates (subject to hydrolysis) is 1. The second-order valence-corrected chi connectivity index (χ2v) is 9.16. The molecule has 3 aromatic carbocycles. The van der Waals surface area contributed by atoms with Crippen molar-refractivity contribution >= 4 is 18.3 Å². The summed E-state index contributed by atoms with van der Waals surface area (Å²) in [5.74, 6) is -0.0742. The van der Waals surface area contributed by atoms with E-state index >= 15 is 0 Å². The molecule has 0 saturated heterocycles. The lowest BCUT2D eigenvalue weighted by molar-refractivity contribution is -0.150. The molecule has 0 heterocycles. The van der Waals surface area contributed by atoms with Crippen LogP contribution >= 0.6 is 0 Å². The number of nitrogens with one attached hydrogen (secondary N) is 1. The van der Waals surface area contributed by atoms with Crippen LogP contribution in [0.25, 0.3) is 0 Å². The van der Waals surface area contributed by atoms with Crippen molar-refractivity contribution in [2.24, 2.45) is 0 Å². The molecule has 0 radical (unpaired) electrons. The summed E-state index contributed by atoms with van der Waals surface area (Å²) in [4.78, 5) is 36.7. The molecule has 7 nitrogen and oxygen atoms in total. The van der Waals surface area contributed by atoms with Crippen LogP contribution in [0.5, 0.6) is 5.75 Å². The van der Waals surface area contributed by atoms with Crippen molar-refractivity contribution in [2.45, 2.75) is 44.9 Å². The maximum Gasteiger partial charge on any atom is 0.408 e. The van der Waals surface area contributed by atoms with Gasteiger partial charge < -0.3 is 19.5 Å². The number of esters is 1. The molecule has 3 aromatic rings. The number of ether oxygens (including phenoxy) is 3. The summed E-state index contributed by atoms with van der Waals surface area (Å²) in [6.07, 6.45) is -0.490. The molecule has 7 heteroatoms. The molecule has 3 rings (SSSR count). The summed E-state index contributed by atoms with van der Waals surface area (Å²) in [6.45, 7) is 5.35. The average Bonchev–Trinajstić information content (AvgIpc) is 2.87. The topological polar surface area (TPSA) is 90.9 Å². The first kappa shape index (κ1) is 26.5. The minimum absolute atomic E-state index is 0.122. The molecule has 1 atom stereocenters. The van der Waals surface area contributed by atoms with Crippen molar-refractivity contribution in [3.8, 4) is 5.75 Å². The molecular weight excluding hydrogens is 458 g/mol. The zero-order chi connectivity index (χ0) is 26.0. The van der Waals surface area contributed by atoms with Gasteiger partial charge >= 0.3 is 12.1 Å². The van der Waals surface area contributed by atoms with Gasteiger partial charge in [-0.1, -0.05) is 60.7 Å². The highest BCUT2D eigenvalue weighted by molar-refractivity contribution is 5.82. The Morgan fingerprint density at radius 1 is 0.861 bits per heavy atom. The molecule has 36 heavy (non-hydrogen) atoms. The van der Waals surface area contributed by atoms with Crippen LogP contribution in [0.4, 0.5) is 4.79 Å². The molecule has 188 valence electrons. The summed E-state index contributed by atoms with van der Waals surface area (Å²) < 4.78 is 17.0. The molecule has 0 aliphatic rings. The van der Waals surface area contributed by atoms with Crippen LogP contribution in [0.3, 0.4) is 0 Å². The van der Waals surface area contributed by atoms with Crippen LogP contribution in [0.2, 0.25) is 0 Å².